The van der Waals surface area contributed by atoms with E-state index in [1.807, 2.05) is 43.3 Å². The molecule has 0 bridgehead atoms. The number of hydrogen-bond acceptors (Lipinski definition) is 3. The first-order valence-corrected chi connectivity index (χ1v) is 8.16. The van der Waals surface area contributed by atoms with Crippen LogP contribution in [-0.2, 0) is 0 Å². The van der Waals surface area contributed by atoms with Gasteiger partial charge in [0.05, 0.1) is 19.1 Å². The number of rotatable bonds is 5. The zero-order valence-corrected chi connectivity index (χ0v) is 14.9. The van der Waals surface area contributed by atoms with Crippen LogP contribution in [0.5, 0.6) is 5.75 Å². The summed E-state index contributed by atoms with van der Waals surface area (Å²) >= 11 is 0. The summed E-state index contributed by atoms with van der Waals surface area (Å²) in [6.07, 6.45) is 10.0. The quantitative estimate of drug-likeness (QED) is 0.665. The van der Waals surface area contributed by atoms with Crippen molar-refractivity contribution in [3.8, 4) is 5.75 Å². The number of ether oxygens (including phenoxy) is 1. The molecule has 0 atom stereocenters. The Labute approximate surface area is 144 Å². The highest BCUT2D eigenvalue weighted by Crippen LogP contribution is 2.30. The summed E-state index contributed by atoms with van der Waals surface area (Å²) in [6, 6.07) is 6.18. The van der Waals surface area contributed by atoms with Crippen molar-refractivity contribution in [2.24, 2.45) is 9.98 Å². The lowest BCUT2D eigenvalue weighted by Crippen LogP contribution is -2.30. The largest absolute Gasteiger partial charge is 0.495 e. The molecule has 0 unspecified atom stereocenters. The van der Waals surface area contributed by atoms with Crippen LogP contribution in [0.15, 0.2) is 46.0 Å². The van der Waals surface area contributed by atoms with Crippen LogP contribution in [0.2, 0.25) is 0 Å². The van der Waals surface area contributed by atoms with Gasteiger partial charge in [0.25, 0.3) is 0 Å². The molecule has 1 aliphatic rings. The van der Waals surface area contributed by atoms with Crippen molar-refractivity contribution in [2.75, 3.05) is 32.6 Å². The maximum Gasteiger partial charge on any atom is 0.143 e. The number of piperidine rings is 1. The van der Waals surface area contributed by atoms with Crippen LogP contribution in [0, 0.1) is 0 Å². The molecule has 0 aromatic heterocycles. The molecular weight excluding hydrogens is 300 g/mol. The summed E-state index contributed by atoms with van der Waals surface area (Å²) in [5.41, 5.74) is 3.29. The maximum absolute atomic E-state index is 5.59. The minimum Gasteiger partial charge on any atom is -0.495 e. The number of benzene rings is 1. The molecule has 1 saturated heterocycles. The van der Waals surface area contributed by atoms with Gasteiger partial charge in [-0.3, -0.25) is 9.98 Å². The van der Waals surface area contributed by atoms with Crippen molar-refractivity contribution in [3.05, 3.63) is 41.6 Å². The van der Waals surface area contributed by atoms with E-state index in [9.17, 15) is 0 Å². The van der Waals surface area contributed by atoms with E-state index >= 15 is 0 Å². The molecule has 24 heavy (non-hydrogen) atoms. The topological polar surface area (TPSA) is 49.2 Å². The van der Waals surface area contributed by atoms with E-state index in [0.29, 0.717) is 0 Å². The molecule has 1 aromatic rings. The third kappa shape index (κ3) is 4.25. The lowest BCUT2D eigenvalue weighted by molar-refractivity contribution is 0.416. The highest BCUT2D eigenvalue weighted by molar-refractivity contribution is 6.02. The molecule has 0 aliphatic carbocycles. The second-order valence-corrected chi connectivity index (χ2v) is 5.47. The lowest BCUT2D eigenvalue weighted by atomic mass is 10.0. The zero-order chi connectivity index (χ0) is 17.4. The SMILES string of the molecule is C/C=C/N(C=NC)c1ccc(/C=C2\CCCNC2=NC)cc1OC. The summed E-state index contributed by atoms with van der Waals surface area (Å²) in [7, 11) is 5.27. The first-order chi connectivity index (χ1) is 11.7. The van der Waals surface area contributed by atoms with Gasteiger partial charge in [0.2, 0.25) is 0 Å². The Balaban J connectivity index is 2.38. The highest BCUT2D eigenvalue weighted by Gasteiger charge is 2.13. The van der Waals surface area contributed by atoms with Gasteiger partial charge in [0.1, 0.15) is 11.6 Å². The zero-order valence-electron chi connectivity index (χ0n) is 14.9. The van der Waals surface area contributed by atoms with Crippen molar-refractivity contribution in [1.29, 1.82) is 0 Å². The smallest absolute Gasteiger partial charge is 0.143 e. The maximum atomic E-state index is 5.59. The van der Waals surface area contributed by atoms with Gasteiger partial charge in [0, 0.05) is 26.8 Å². The number of nitrogens with zero attached hydrogens (tertiary/aromatic N) is 3. The van der Waals surface area contributed by atoms with E-state index in [0.717, 1.165) is 42.2 Å². The standard InChI is InChI=1S/C19H26N4O/c1-5-11-23(14-20-2)17-9-8-15(13-18(17)24-4)12-16-7-6-10-22-19(16)21-3/h5,8-9,11-14H,6-7,10H2,1-4H3,(H,21,22)/b11-5+,16-12+,20-14?. The molecule has 5 nitrogen and oxygen atoms in total. The molecule has 0 amide bonds. The van der Waals surface area contributed by atoms with E-state index in [1.54, 1.807) is 20.5 Å². The van der Waals surface area contributed by atoms with E-state index in [4.69, 9.17) is 4.74 Å². The van der Waals surface area contributed by atoms with Crippen molar-refractivity contribution in [2.45, 2.75) is 19.8 Å². The summed E-state index contributed by atoms with van der Waals surface area (Å²) in [5.74, 6) is 1.79. The first-order valence-electron chi connectivity index (χ1n) is 8.16. The van der Waals surface area contributed by atoms with Crippen LogP contribution >= 0.6 is 0 Å². The van der Waals surface area contributed by atoms with Crippen LogP contribution in [0.1, 0.15) is 25.3 Å². The predicted molar refractivity (Wildman–Crippen MR) is 103 cm³/mol. The Hall–Kier alpha value is -2.56. The van der Waals surface area contributed by atoms with E-state index in [2.05, 4.69) is 27.4 Å². The first kappa shape index (κ1) is 17.8. The van der Waals surface area contributed by atoms with Gasteiger partial charge in [-0.25, -0.2) is 0 Å². The van der Waals surface area contributed by atoms with Gasteiger partial charge in [-0.2, -0.15) is 0 Å². The second-order valence-electron chi connectivity index (χ2n) is 5.47. The monoisotopic (exact) mass is 326 g/mol. The molecule has 1 heterocycles. The van der Waals surface area contributed by atoms with Gasteiger partial charge in [-0.1, -0.05) is 12.1 Å². The van der Waals surface area contributed by atoms with Crippen LogP contribution in [-0.4, -0.2) is 39.9 Å². The van der Waals surface area contributed by atoms with E-state index < -0.39 is 0 Å². The number of anilines is 1. The van der Waals surface area contributed by atoms with Crippen LogP contribution in [0.25, 0.3) is 6.08 Å². The predicted octanol–water partition coefficient (Wildman–Crippen LogP) is 3.49. The third-order valence-electron chi connectivity index (χ3n) is 3.82. The average molecular weight is 326 g/mol. The summed E-state index contributed by atoms with van der Waals surface area (Å²) in [5, 5.41) is 3.35. The van der Waals surface area contributed by atoms with Crippen molar-refractivity contribution in [3.63, 3.8) is 0 Å². The number of amidine groups is 1. The van der Waals surface area contributed by atoms with Gasteiger partial charge in [-0.05, 0) is 49.1 Å². The summed E-state index contributed by atoms with van der Waals surface area (Å²) < 4.78 is 5.59. The number of hydrogen-bond donors (Lipinski definition) is 1. The Morgan fingerprint density at radius 3 is 2.79 bits per heavy atom. The van der Waals surface area contributed by atoms with E-state index in [1.165, 1.54) is 5.57 Å². The van der Waals surface area contributed by atoms with Gasteiger partial charge in [0.15, 0.2) is 0 Å². The van der Waals surface area contributed by atoms with Crippen LogP contribution in [0.4, 0.5) is 5.69 Å². The number of nitrogens with one attached hydrogen (secondary N) is 1. The lowest BCUT2D eigenvalue weighted by Gasteiger charge is -2.20. The second kappa shape index (κ2) is 8.91. The molecule has 0 saturated carbocycles. The van der Waals surface area contributed by atoms with Gasteiger partial charge < -0.3 is 15.0 Å². The molecule has 1 aromatic carbocycles. The fraction of sp³-hybridized carbons (Fsp3) is 0.368. The molecule has 1 aliphatic heterocycles. The molecule has 1 N–H and O–H groups in total. The minimum absolute atomic E-state index is 0.807. The minimum atomic E-state index is 0.807. The Morgan fingerprint density at radius 2 is 2.12 bits per heavy atom. The Kier molecular flexibility index (Phi) is 6.61. The number of methoxy groups -OCH3 is 1. The Bertz CT molecular complexity index is 662. The van der Waals surface area contributed by atoms with Crippen molar-refractivity contribution < 1.29 is 4.74 Å². The van der Waals surface area contributed by atoms with Gasteiger partial charge >= 0.3 is 0 Å². The molecule has 128 valence electrons. The summed E-state index contributed by atoms with van der Waals surface area (Å²) in [4.78, 5) is 10.4. The average Bonchev–Trinajstić information content (AvgIpc) is 2.62. The molecule has 0 spiro atoms. The summed E-state index contributed by atoms with van der Waals surface area (Å²) in [6.45, 7) is 2.96. The molecule has 1 fully saturated rings. The highest BCUT2D eigenvalue weighted by atomic mass is 16.5. The fourth-order valence-electron chi connectivity index (χ4n) is 2.75. The van der Waals surface area contributed by atoms with Crippen LogP contribution < -0.4 is 15.0 Å². The molecule has 5 heteroatoms. The van der Waals surface area contributed by atoms with Crippen LogP contribution in [0.3, 0.4) is 0 Å². The molecule has 0 radical (unpaired) electrons. The van der Waals surface area contributed by atoms with Gasteiger partial charge in [-0.15, -0.1) is 0 Å². The Morgan fingerprint density at radius 1 is 1.29 bits per heavy atom. The molecular formula is C19H26N4O. The number of allylic oxidation sites excluding steroid dienone is 1. The van der Waals surface area contributed by atoms with E-state index in [-0.39, 0.29) is 0 Å². The van der Waals surface area contributed by atoms with Crippen molar-refractivity contribution >= 4 is 23.9 Å². The third-order valence-corrected chi connectivity index (χ3v) is 3.82. The number of aliphatic imine (C=N–C) groups is 2. The fourth-order valence-corrected chi connectivity index (χ4v) is 2.75. The van der Waals surface area contributed by atoms with Crippen molar-refractivity contribution in [1.82, 2.24) is 5.32 Å². The molecule has 2 rings (SSSR count). The normalized spacial score (nSPS) is 18.5.